The van der Waals surface area contributed by atoms with Gasteiger partial charge in [0.2, 0.25) is 0 Å². The summed E-state index contributed by atoms with van der Waals surface area (Å²) in [7, 11) is 0. The van der Waals surface area contributed by atoms with Gasteiger partial charge in [0.1, 0.15) is 12.7 Å². The Kier molecular flexibility index (Phi) is 4.16. The third-order valence-corrected chi connectivity index (χ3v) is 3.43. The van der Waals surface area contributed by atoms with Crippen molar-refractivity contribution in [1.29, 1.82) is 0 Å². The second-order valence-corrected chi connectivity index (χ2v) is 5.13. The number of aromatic nitrogens is 3. The number of hydrogen-bond donors (Lipinski definition) is 1. The van der Waals surface area contributed by atoms with Crippen LogP contribution in [0.1, 0.15) is 15.9 Å². The molecular formula is C16H13ClN4O. The van der Waals surface area contributed by atoms with E-state index in [0.29, 0.717) is 17.1 Å². The number of benzene rings is 2. The van der Waals surface area contributed by atoms with Crippen molar-refractivity contribution in [1.82, 2.24) is 20.1 Å². The summed E-state index contributed by atoms with van der Waals surface area (Å²) in [5, 5.41) is 7.59. The summed E-state index contributed by atoms with van der Waals surface area (Å²) in [6.07, 6.45) is 3.07. The van der Waals surface area contributed by atoms with Crippen LogP contribution in [-0.2, 0) is 6.54 Å². The predicted octanol–water partition coefficient (Wildman–Crippen LogP) is 2.85. The Balaban J connectivity index is 1.63. The fraction of sp³-hybridized carbons (Fsp3) is 0.0625. The highest BCUT2D eigenvalue weighted by atomic mass is 35.5. The van der Waals surface area contributed by atoms with Gasteiger partial charge < -0.3 is 5.32 Å². The van der Waals surface area contributed by atoms with Gasteiger partial charge in [-0.1, -0.05) is 23.7 Å². The molecule has 0 atom stereocenters. The third kappa shape index (κ3) is 3.32. The summed E-state index contributed by atoms with van der Waals surface area (Å²) in [5.74, 6) is -0.125. The van der Waals surface area contributed by atoms with Crippen molar-refractivity contribution in [2.45, 2.75) is 6.54 Å². The molecular weight excluding hydrogens is 300 g/mol. The van der Waals surface area contributed by atoms with Gasteiger partial charge >= 0.3 is 0 Å². The summed E-state index contributed by atoms with van der Waals surface area (Å²) in [6.45, 7) is 0.459. The first kappa shape index (κ1) is 14.3. The van der Waals surface area contributed by atoms with Crippen molar-refractivity contribution < 1.29 is 4.79 Å². The number of rotatable bonds is 4. The number of nitrogens with zero attached hydrogens (tertiary/aromatic N) is 3. The summed E-state index contributed by atoms with van der Waals surface area (Å²) in [4.78, 5) is 16.0. The Hall–Kier alpha value is -2.66. The van der Waals surface area contributed by atoms with Crippen molar-refractivity contribution in [3.05, 3.63) is 77.3 Å². The van der Waals surface area contributed by atoms with Gasteiger partial charge in [-0.2, -0.15) is 5.10 Å². The molecule has 22 heavy (non-hydrogen) atoms. The van der Waals surface area contributed by atoms with E-state index in [1.165, 1.54) is 6.33 Å². The first-order chi connectivity index (χ1) is 10.7. The molecule has 0 spiro atoms. The predicted molar refractivity (Wildman–Crippen MR) is 84.0 cm³/mol. The summed E-state index contributed by atoms with van der Waals surface area (Å²) in [5.41, 5.74) is 2.45. The van der Waals surface area contributed by atoms with Gasteiger partial charge in [-0.05, 0) is 42.0 Å². The van der Waals surface area contributed by atoms with Crippen LogP contribution in [0.5, 0.6) is 0 Å². The lowest BCUT2D eigenvalue weighted by atomic mass is 10.2. The van der Waals surface area contributed by atoms with Crippen LogP contribution in [0.15, 0.2) is 61.2 Å². The molecule has 5 nitrogen and oxygen atoms in total. The van der Waals surface area contributed by atoms with Crippen LogP contribution in [0.4, 0.5) is 0 Å². The largest absolute Gasteiger partial charge is 0.348 e. The van der Waals surface area contributed by atoms with Crippen molar-refractivity contribution >= 4 is 17.5 Å². The Labute approximate surface area is 132 Å². The molecule has 0 unspecified atom stereocenters. The fourth-order valence-electron chi connectivity index (χ4n) is 1.99. The maximum absolute atomic E-state index is 12.1. The first-order valence-corrected chi connectivity index (χ1v) is 7.08. The zero-order chi connectivity index (χ0) is 15.4. The lowest BCUT2D eigenvalue weighted by Crippen LogP contribution is -2.22. The SMILES string of the molecule is O=C(NCc1ccc(Cl)cc1)c1ccc(-n2cncn2)cc1. The molecule has 1 aromatic heterocycles. The highest BCUT2D eigenvalue weighted by Gasteiger charge is 2.06. The van der Waals surface area contributed by atoms with Crippen molar-refractivity contribution in [2.75, 3.05) is 0 Å². The minimum atomic E-state index is -0.125. The quantitative estimate of drug-likeness (QED) is 0.806. The monoisotopic (exact) mass is 312 g/mol. The second kappa shape index (κ2) is 6.41. The molecule has 0 bridgehead atoms. The summed E-state index contributed by atoms with van der Waals surface area (Å²) >= 11 is 5.83. The Morgan fingerprint density at radius 3 is 2.45 bits per heavy atom. The van der Waals surface area contributed by atoms with Gasteiger partial charge in [-0.15, -0.1) is 0 Å². The molecule has 1 N–H and O–H groups in total. The number of halogens is 1. The average molecular weight is 313 g/mol. The topological polar surface area (TPSA) is 59.8 Å². The van der Waals surface area contributed by atoms with Crippen LogP contribution in [-0.4, -0.2) is 20.7 Å². The van der Waals surface area contributed by atoms with Crippen molar-refractivity contribution in [3.8, 4) is 5.69 Å². The molecule has 0 saturated heterocycles. The molecule has 0 aliphatic carbocycles. The maximum Gasteiger partial charge on any atom is 0.251 e. The van der Waals surface area contributed by atoms with Crippen molar-refractivity contribution in [2.24, 2.45) is 0 Å². The van der Waals surface area contributed by atoms with Crippen LogP contribution in [0.3, 0.4) is 0 Å². The van der Waals surface area contributed by atoms with E-state index in [0.717, 1.165) is 11.3 Å². The van der Waals surface area contributed by atoms with Crippen molar-refractivity contribution in [3.63, 3.8) is 0 Å². The van der Waals surface area contributed by atoms with Gasteiger partial charge in [0.05, 0.1) is 5.69 Å². The zero-order valence-electron chi connectivity index (χ0n) is 11.6. The van der Waals surface area contributed by atoms with E-state index in [9.17, 15) is 4.79 Å². The molecule has 6 heteroatoms. The van der Waals surface area contributed by atoms with E-state index in [1.807, 2.05) is 24.3 Å². The average Bonchev–Trinajstić information content (AvgIpc) is 3.09. The summed E-state index contributed by atoms with van der Waals surface area (Å²) < 4.78 is 1.63. The van der Waals surface area contributed by atoms with E-state index in [2.05, 4.69) is 15.4 Å². The molecule has 0 saturated carbocycles. The Bertz CT molecular complexity index is 752. The zero-order valence-corrected chi connectivity index (χ0v) is 12.4. The van der Waals surface area contributed by atoms with E-state index < -0.39 is 0 Å². The van der Waals surface area contributed by atoms with Gasteiger partial charge in [0.25, 0.3) is 5.91 Å². The van der Waals surface area contributed by atoms with Crippen LogP contribution in [0, 0.1) is 0 Å². The maximum atomic E-state index is 12.1. The standard InChI is InChI=1S/C16H13ClN4O/c17-14-5-1-12(2-6-14)9-19-16(22)13-3-7-15(8-4-13)21-11-18-10-20-21/h1-8,10-11H,9H2,(H,19,22). The van der Waals surface area contributed by atoms with Gasteiger partial charge in [0, 0.05) is 17.1 Å². The lowest BCUT2D eigenvalue weighted by Gasteiger charge is -2.06. The van der Waals surface area contributed by atoms with E-state index in [-0.39, 0.29) is 5.91 Å². The highest BCUT2D eigenvalue weighted by Crippen LogP contribution is 2.10. The number of nitrogens with one attached hydrogen (secondary N) is 1. The number of carbonyl (C=O) groups is 1. The minimum Gasteiger partial charge on any atom is -0.348 e. The highest BCUT2D eigenvalue weighted by molar-refractivity contribution is 6.30. The van der Waals surface area contributed by atoms with Gasteiger partial charge in [-0.3, -0.25) is 4.79 Å². The second-order valence-electron chi connectivity index (χ2n) is 4.70. The van der Waals surface area contributed by atoms with E-state index in [1.54, 1.807) is 35.3 Å². The van der Waals surface area contributed by atoms with Crippen LogP contribution in [0.25, 0.3) is 5.69 Å². The normalized spacial score (nSPS) is 10.4. The molecule has 0 fully saturated rings. The molecule has 0 radical (unpaired) electrons. The fourth-order valence-corrected chi connectivity index (χ4v) is 2.12. The molecule has 0 aliphatic heterocycles. The smallest absolute Gasteiger partial charge is 0.251 e. The number of hydrogen-bond acceptors (Lipinski definition) is 3. The molecule has 0 aliphatic rings. The van der Waals surface area contributed by atoms with E-state index in [4.69, 9.17) is 11.6 Å². The van der Waals surface area contributed by atoms with E-state index >= 15 is 0 Å². The number of amides is 1. The van der Waals surface area contributed by atoms with Gasteiger partial charge in [0.15, 0.2) is 0 Å². The van der Waals surface area contributed by atoms with Crippen LogP contribution >= 0.6 is 11.6 Å². The lowest BCUT2D eigenvalue weighted by molar-refractivity contribution is 0.0951. The molecule has 3 rings (SSSR count). The summed E-state index contributed by atoms with van der Waals surface area (Å²) in [6, 6.07) is 14.5. The van der Waals surface area contributed by atoms with Gasteiger partial charge in [-0.25, -0.2) is 9.67 Å². The van der Waals surface area contributed by atoms with Crippen LogP contribution < -0.4 is 5.32 Å². The molecule has 1 amide bonds. The Morgan fingerprint density at radius 1 is 1.09 bits per heavy atom. The molecule has 2 aromatic carbocycles. The molecule has 1 heterocycles. The minimum absolute atomic E-state index is 0.125. The van der Waals surface area contributed by atoms with Crippen LogP contribution in [0.2, 0.25) is 5.02 Å². The Morgan fingerprint density at radius 2 is 1.82 bits per heavy atom. The number of carbonyl (C=O) groups excluding carboxylic acids is 1. The molecule has 110 valence electrons. The third-order valence-electron chi connectivity index (χ3n) is 3.18. The molecule has 3 aromatic rings. The first-order valence-electron chi connectivity index (χ1n) is 6.70.